The molecule has 0 amide bonds. The maximum atomic E-state index is 6.00. The zero-order valence-corrected chi connectivity index (χ0v) is 12.3. The molecule has 0 N–H and O–H groups in total. The second-order valence-electron chi connectivity index (χ2n) is 4.07. The highest BCUT2D eigenvalue weighted by molar-refractivity contribution is 6.42. The third-order valence-corrected chi connectivity index (χ3v) is 3.53. The van der Waals surface area contributed by atoms with Gasteiger partial charge in [-0.05, 0) is 30.7 Å². The molecule has 0 unspecified atom stereocenters. The molecule has 0 saturated carbocycles. The van der Waals surface area contributed by atoms with Gasteiger partial charge in [-0.15, -0.1) is 11.6 Å². The Morgan fingerprint density at radius 3 is 2.47 bits per heavy atom. The third-order valence-electron chi connectivity index (χ3n) is 2.62. The predicted octanol–water partition coefficient (Wildman–Crippen LogP) is 4.83. The van der Waals surface area contributed by atoms with Gasteiger partial charge >= 0.3 is 0 Å². The molecule has 0 radical (unpaired) electrons. The average Bonchev–Trinajstić information content (AvgIpc) is 2.31. The van der Waals surface area contributed by atoms with Crippen LogP contribution in [0.25, 0.3) is 0 Å². The van der Waals surface area contributed by atoms with Gasteiger partial charge in [0.1, 0.15) is 0 Å². The van der Waals surface area contributed by atoms with E-state index in [9.17, 15) is 0 Å². The maximum absolute atomic E-state index is 6.00. The van der Waals surface area contributed by atoms with Gasteiger partial charge in [0.05, 0.1) is 10.0 Å². The highest BCUT2D eigenvalue weighted by Crippen LogP contribution is 2.23. The van der Waals surface area contributed by atoms with Gasteiger partial charge in [-0.3, -0.25) is 4.90 Å². The number of benzene rings is 1. The van der Waals surface area contributed by atoms with E-state index in [2.05, 4.69) is 11.8 Å². The highest BCUT2D eigenvalue weighted by atomic mass is 35.5. The molecule has 0 aromatic heterocycles. The van der Waals surface area contributed by atoms with E-state index < -0.39 is 0 Å². The van der Waals surface area contributed by atoms with E-state index in [1.54, 1.807) is 0 Å². The van der Waals surface area contributed by atoms with Crippen molar-refractivity contribution in [1.29, 1.82) is 0 Å². The number of hydrogen-bond donors (Lipinski definition) is 0. The van der Waals surface area contributed by atoms with Crippen molar-refractivity contribution in [3.05, 3.63) is 33.8 Å². The topological polar surface area (TPSA) is 3.24 Å². The summed E-state index contributed by atoms with van der Waals surface area (Å²) in [6, 6.07) is 5.79. The summed E-state index contributed by atoms with van der Waals surface area (Å²) in [6.07, 6.45) is 2.39. The van der Waals surface area contributed by atoms with Crippen molar-refractivity contribution < 1.29 is 0 Å². The van der Waals surface area contributed by atoms with E-state index in [0.29, 0.717) is 15.9 Å². The fourth-order valence-corrected chi connectivity index (χ4v) is 2.23. The molecule has 1 nitrogen and oxygen atoms in total. The van der Waals surface area contributed by atoms with Crippen LogP contribution in [-0.4, -0.2) is 23.9 Å². The average molecular weight is 295 g/mol. The summed E-state index contributed by atoms with van der Waals surface area (Å²) in [4.78, 5) is 2.34. The monoisotopic (exact) mass is 293 g/mol. The number of hydrogen-bond acceptors (Lipinski definition) is 1. The lowest BCUT2D eigenvalue weighted by molar-refractivity contribution is 0.277. The van der Waals surface area contributed by atoms with Gasteiger partial charge in [-0.1, -0.05) is 42.6 Å². The molecule has 1 aromatic rings. The Morgan fingerprint density at radius 1 is 1.12 bits per heavy atom. The lowest BCUT2D eigenvalue weighted by Crippen LogP contribution is -2.26. The molecule has 0 bridgehead atoms. The standard InChI is InChI=1S/C13H18Cl3N/c1-2-3-7-17(8-6-14)10-11-4-5-12(15)13(16)9-11/h4-5,9H,2-3,6-8,10H2,1H3. The molecule has 0 heterocycles. The summed E-state index contributed by atoms with van der Waals surface area (Å²) >= 11 is 17.7. The van der Waals surface area contributed by atoms with Crippen molar-refractivity contribution in [2.45, 2.75) is 26.3 Å². The largest absolute Gasteiger partial charge is 0.298 e. The number of halogens is 3. The van der Waals surface area contributed by atoms with E-state index in [1.165, 1.54) is 18.4 Å². The third kappa shape index (κ3) is 5.48. The van der Waals surface area contributed by atoms with Crippen molar-refractivity contribution in [1.82, 2.24) is 4.90 Å². The highest BCUT2D eigenvalue weighted by Gasteiger charge is 2.06. The van der Waals surface area contributed by atoms with Crippen LogP contribution in [0.3, 0.4) is 0 Å². The minimum atomic E-state index is 0.605. The SMILES string of the molecule is CCCCN(CCCl)Cc1ccc(Cl)c(Cl)c1. The summed E-state index contributed by atoms with van der Waals surface area (Å²) < 4.78 is 0. The summed E-state index contributed by atoms with van der Waals surface area (Å²) in [5.41, 5.74) is 1.18. The van der Waals surface area contributed by atoms with Gasteiger partial charge in [-0.2, -0.15) is 0 Å². The second kappa shape index (κ2) is 8.20. The van der Waals surface area contributed by atoms with E-state index in [-0.39, 0.29) is 0 Å². The lowest BCUT2D eigenvalue weighted by atomic mass is 10.2. The van der Waals surface area contributed by atoms with Gasteiger partial charge in [0.2, 0.25) is 0 Å². The number of rotatable bonds is 7. The van der Waals surface area contributed by atoms with Crippen molar-refractivity contribution in [3.8, 4) is 0 Å². The van der Waals surface area contributed by atoms with Crippen molar-refractivity contribution in [2.24, 2.45) is 0 Å². The zero-order valence-electron chi connectivity index (χ0n) is 10.1. The summed E-state index contributed by atoms with van der Waals surface area (Å²) in [5.74, 6) is 0.658. The molecular weight excluding hydrogens is 277 g/mol. The molecule has 0 aliphatic carbocycles. The maximum Gasteiger partial charge on any atom is 0.0595 e. The van der Waals surface area contributed by atoms with E-state index in [4.69, 9.17) is 34.8 Å². The fourth-order valence-electron chi connectivity index (χ4n) is 1.67. The first-order valence-corrected chi connectivity index (χ1v) is 7.18. The smallest absolute Gasteiger partial charge is 0.0595 e. The van der Waals surface area contributed by atoms with Gasteiger partial charge in [0.25, 0.3) is 0 Å². The molecule has 1 rings (SSSR count). The Bertz CT molecular complexity index is 341. The van der Waals surface area contributed by atoms with E-state index in [0.717, 1.165) is 19.6 Å². The van der Waals surface area contributed by atoms with Crippen molar-refractivity contribution in [2.75, 3.05) is 19.0 Å². The minimum absolute atomic E-state index is 0.605. The van der Waals surface area contributed by atoms with Crippen LogP contribution in [0.2, 0.25) is 10.0 Å². The summed E-state index contributed by atoms with van der Waals surface area (Å²) in [5, 5.41) is 1.22. The second-order valence-corrected chi connectivity index (χ2v) is 5.26. The first-order chi connectivity index (χ1) is 8.17. The quantitative estimate of drug-likeness (QED) is 0.651. The summed E-state index contributed by atoms with van der Waals surface area (Å²) in [7, 11) is 0. The molecule has 96 valence electrons. The molecule has 0 saturated heterocycles. The molecule has 0 aliphatic heterocycles. The molecular formula is C13H18Cl3N. The number of nitrogens with zero attached hydrogens (tertiary/aromatic N) is 1. The summed E-state index contributed by atoms with van der Waals surface area (Å²) in [6.45, 7) is 5.05. The first kappa shape index (κ1) is 15.1. The van der Waals surface area contributed by atoms with Crippen LogP contribution in [-0.2, 0) is 6.54 Å². The normalized spacial score (nSPS) is 11.1. The number of unbranched alkanes of at least 4 members (excludes halogenated alkanes) is 1. The van der Waals surface area contributed by atoms with Gasteiger partial charge in [0, 0.05) is 19.0 Å². The molecule has 17 heavy (non-hydrogen) atoms. The Balaban J connectivity index is 2.61. The van der Waals surface area contributed by atoms with Crippen LogP contribution < -0.4 is 0 Å². The van der Waals surface area contributed by atoms with E-state index in [1.807, 2.05) is 18.2 Å². The molecule has 1 aromatic carbocycles. The predicted molar refractivity (Wildman–Crippen MR) is 77.4 cm³/mol. The Labute approximate surface area is 119 Å². The molecule has 0 spiro atoms. The minimum Gasteiger partial charge on any atom is -0.298 e. The molecule has 0 fully saturated rings. The van der Waals surface area contributed by atoms with Crippen LogP contribution in [0.1, 0.15) is 25.3 Å². The molecule has 0 atom stereocenters. The Kier molecular flexibility index (Phi) is 7.29. The van der Waals surface area contributed by atoms with Gasteiger partial charge < -0.3 is 0 Å². The fraction of sp³-hybridized carbons (Fsp3) is 0.538. The molecule has 4 heteroatoms. The first-order valence-electron chi connectivity index (χ1n) is 5.89. The van der Waals surface area contributed by atoms with Gasteiger partial charge in [0.15, 0.2) is 0 Å². The van der Waals surface area contributed by atoms with Crippen LogP contribution in [0.15, 0.2) is 18.2 Å². The zero-order chi connectivity index (χ0) is 12.7. The van der Waals surface area contributed by atoms with Crippen molar-refractivity contribution >= 4 is 34.8 Å². The Morgan fingerprint density at radius 2 is 1.88 bits per heavy atom. The molecule has 0 aliphatic rings. The lowest BCUT2D eigenvalue weighted by Gasteiger charge is -2.21. The van der Waals surface area contributed by atoms with Crippen LogP contribution >= 0.6 is 34.8 Å². The number of alkyl halides is 1. The van der Waals surface area contributed by atoms with Crippen molar-refractivity contribution in [3.63, 3.8) is 0 Å². The van der Waals surface area contributed by atoms with Crippen LogP contribution in [0, 0.1) is 0 Å². The van der Waals surface area contributed by atoms with Gasteiger partial charge in [-0.25, -0.2) is 0 Å². The Hall–Kier alpha value is 0.0500. The van der Waals surface area contributed by atoms with Crippen LogP contribution in [0.5, 0.6) is 0 Å². The van der Waals surface area contributed by atoms with E-state index >= 15 is 0 Å². The van der Waals surface area contributed by atoms with Crippen LogP contribution in [0.4, 0.5) is 0 Å².